The molecule has 4 heterocycles. The molecule has 0 aliphatic heterocycles. The van der Waals surface area contributed by atoms with E-state index < -0.39 is 11.4 Å². The maximum atomic E-state index is 12.8. The van der Waals surface area contributed by atoms with E-state index in [9.17, 15) is 4.55 Å². The molecule has 0 aliphatic rings. The van der Waals surface area contributed by atoms with Gasteiger partial charge in [-0.3, -0.25) is 9.55 Å². The molecular formula is C25H23N7O4S. The predicted octanol–water partition coefficient (Wildman–Crippen LogP) is 3.82. The molecule has 5 aromatic rings. The Bertz CT molecular complexity index is 1510. The maximum Gasteiger partial charge on any atom is 0.213 e. The van der Waals surface area contributed by atoms with E-state index in [1.807, 2.05) is 37.3 Å². The molecule has 0 amide bonds. The molecule has 11 nitrogen and oxygen atoms in total. The van der Waals surface area contributed by atoms with Crippen LogP contribution in [0.3, 0.4) is 0 Å². The summed E-state index contributed by atoms with van der Waals surface area (Å²) in [6, 6.07) is 14.2. The maximum absolute atomic E-state index is 12.8. The van der Waals surface area contributed by atoms with Crippen molar-refractivity contribution in [3.8, 4) is 34.6 Å². The molecule has 0 bridgehead atoms. The normalized spacial score (nSPS) is 11.8. The highest BCUT2D eigenvalue weighted by Gasteiger charge is 2.24. The van der Waals surface area contributed by atoms with Gasteiger partial charge >= 0.3 is 0 Å². The minimum absolute atomic E-state index is 0.292. The molecular weight excluding hydrogens is 494 g/mol. The first-order chi connectivity index (χ1) is 18.1. The van der Waals surface area contributed by atoms with Gasteiger partial charge in [0.15, 0.2) is 27.8 Å². The molecule has 188 valence electrons. The smallest absolute Gasteiger partial charge is 0.213 e. The number of ether oxygens (including phenoxy) is 3. The summed E-state index contributed by atoms with van der Waals surface area (Å²) in [5, 5.41) is 0. The van der Waals surface area contributed by atoms with Gasteiger partial charge in [-0.2, -0.15) is 4.72 Å². The highest BCUT2D eigenvalue weighted by molar-refractivity contribution is 7.92. The van der Waals surface area contributed by atoms with Crippen molar-refractivity contribution < 1.29 is 18.8 Å². The number of nitrogens with one attached hydrogen (secondary N) is 1. The molecule has 0 saturated heterocycles. The number of nitrogens with zero attached hydrogens (tertiary/aromatic N) is 6. The second kappa shape index (κ2) is 10.7. The average Bonchev–Trinajstić information content (AvgIpc) is 3.31. The number of methoxy groups -OCH3 is 2. The van der Waals surface area contributed by atoms with Gasteiger partial charge in [-0.25, -0.2) is 19.9 Å². The van der Waals surface area contributed by atoms with Crippen molar-refractivity contribution in [2.75, 3.05) is 25.5 Å². The van der Waals surface area contributed by atoms with E-state index >= 15 is 0 Å². The number of fused-ring (bicyclic) bond motifs is 1. The Morgan fingerprint density at radius 2 is 1.68 bits per heavy atom. The van der Waals surface area contributed by atoms with Crippen LogP contribution in [0.25, 0.3) is 28.5 Å². The monoisotopic (exact) mass is 517 g/mol. The molecule has 5 rings (SSSR count). The van der Waals surface area contributed by atoms with Gasteiger partial charge in [-0.15, -0.1) is 0 Å². The zero-order valence-corrected chi connectivity index (χ0v) is 21.1. The van der Waals surface area contributed by atoms with Gasteiger partial charge in [0.05, 0.1) is 27.0 Å². The zero-order valence-electron chi connectivity index (χ0n) is 20.3. The number of imidazole rings is 1. The van der Waals surface area contributed by atoms with Crippen molar-refractivity contribution in [2.45, 2.75) is 11.8 Å². The molecule has 0 fully saturated rings. The molecule has 1 unspecified atom stereocenters. The molecule has 0 spiro atoms. The van der Waals surface area contributed by atoms with Crippen LogP contribution < -0.4 is 18.9 Å². The van der Waals surface area contributed by atoms with Crippen molar-refractivity contribution in [1.29, 1.82) is 0 Å². The molecule has 0 aliphatic carbocycles. The van der Waals surface area contributed by atoms with Gasteiger partial charge in [-0.05, 0) is 25.1 Å². The third-order valence-electron chi connectivity index (χ3n) is 5.30. The second-order valence-corrected chi connectivity index (χ2v) is 8.75. The number of benzene rings is 1. The van der Waals surface area contributed by atoms with Crippen LogP contribution in [0.5, 0.6) is 17.4 Å². The molecule has 37 heavy (non-hydrogen) atoms. The van der Waals surface area contributed by atoms with Crippen LogP contribution in [0, 0.1) is 0 Å². The predicted molar refractivity (Wildman–Crippen MR) is 138 cm³/mol. The van der Waals surface area contributed by atoms with Crippen molar-refractivity contribution in [1.82, 2.24) is 29.5 Å². The van der Waals surface area contributed by atoms with Crippen molar-refractivity contribution in [3.05, 3.63) is 67.1 Å². The lowest BCUT2D eigenvalue weighted by Gasteiger charge is -2.16. The van der Waals surface area contributed by atoms with Gasteiger partial charge < -0.3 is 18.8 Å². The molecule has 0 radical (unpaired) electrons. The number of hydrogen-bond donors (Lipinski definition) is 1. The number of pyridine rings is 2. The fourth-order valence-electron chi connectivity index (χ4n) is 3.72. The first-order valence-electron chi connectivity index (χ1n) is 11.3. The van der Waals surface area contributed by atoms with Gasteiger partial charge in [0.25, 0.3) is 0 Å². The summed E-state index contributed by atoms with van der Waals surface area (Å²) in [6.45, 7) is 2.36. The lowest BCUT2D eigenvalue weighted by atomic mass is 10.2. The van der Waals surface area contributed by atoms with Crippen LogP contribution in [0.4, 0.5) is 5.82 Å². The van der Waals surface area contributed by atoms with Gasteiger partial charge in [0.1, 0.15) is 34.2 Å². The molecule has 0 saturated carbocycles. The molecule has 1 aromatic carbocycles. The molecule has 1 atom stereocenters. The summed E-state index contributed by atoms with van der Waals surface area (Å²) in [5.41, 5.74) is 1.84. The standard InChI is InChI=1S/C25H23N7O4S/c1-4-36-21-10-5-7-17(28-21)24-30-23-25(32(24)22-18(34-2)8-6-9-19(22)35-3)29-20(15-27-23)31-37(33)16-11-13-26-14-12-16/h5-15H,4H2,1-3H3,(H,29,31). The van der Waals surface area contributed by atoms with E-state index in [2.05, 4.69) is 19.7 Å². The summed E-state index contributed by atoms with van der Waals surface area (Å²) in [6.07, 6.45) is 4.62. The highest BCUT2D eigenvalue weighted by Crippen LogP contribution is 2.38. The van der Waals surface area contributed by atoms with Crippen LogP contribution in [-0.2, 0) is 11.4 Å². The summed E-state index contributed by atoms with van der Waals surface area (Å²) >= 11 is -1.58. The quantitative estimate of drug-likeness (QED) is 0.288. The lowest BCUT2D eigenvalue weighted by molar-refractivity contribution is 0.327. The Morgan fingerprint density at radius 3 is 2.38 bits per heavy atom. The third kappa shape index (κ3) is 4.84. The second-order valence-electron chi connectivity index (χ2n) is 7.53. The van der Waals surface area contributed by atoms with E-state index in [-0.39, 0.29) is 0 Å². The van der Waals surface area contributed by atoms with E-state index in [0.717, 1.165) is 0 Å². The Kier molecular flexibility index (Phi) is 7.01. The minimum Gasteiger partial charge on any atom is -0.588 e. The van der Waals surface area contributed by atoms with E-state index in [4.69, 9.17) is 24.2 Å². The average molecular weight is 518 g/mol. The van der Waals surface area contributed by atoms with E-state index in [1.165, 1.54) is 6.20 Å². The van der Waals surface area contributed by atoms with Crippen LogP contribution in [0.2, 0.25) is 0 Å². The number of para-hydroxylation sites is 1. The van der Waals surface area contributed by atoms with Crippen LogP contribution in [0.15, 0.2) is 72.0 Å². The first-order valence-corrected chi connectivity index (χ1v) is 12.4. The van der Waals surface area contributed by atoms with E-state index in [0.29, 0.717) is 63.2 Å². The number of aromatic nitrogens is 6. The number of anilines is 1. The molecule has 1 N–H and O–H groups in total. The SMILES string of the molecule is CCOc1cccc(-c2nc3ncc(N[S+]([O-])c4ccncc4)nc3n2-c2c(OC)cccc2OC)n1. The zero-order chi connectivity index (χ0) is 25.8. The summed E-state index contributed by atoms with van der Waals surface area (Å²) in [5.74, 6) is 2.26. The van der Waals surface area contributed by atoms with Crippen molar-refractivity contribution >= 4 is 28.5 Å². The molecule has 4 aromatic heterocycles. The first kappa shape index (κ1) is 24.3. The Labute approximate surface area is 215 Å². The fraction of sp³-hybridized carbons (Fsp3) is 0.160. The van der Waals surface area contributed by atoms with E-state index in [1.54, 1.807) is 49.4 Å². The summed E-state index contributed by atoms with van der Waals surface area (Å²) < 4.78 is 34.5. The summed E-state index contributed by atoms with van der Waals surface area (Å²) in [4.78, 5) is 23.1. The van der Waals surface area contributed by atoms with Crippen molar-refractivity contribution in [2.24, 2.45) is 0 Å². The highest BCUT2D eigenvalue weighted by atomic mass is 32.2. The third-order valence-corrected chi connectivity index (χ3v) is 6.40. The van der Waals surface area contributed by atoms with Crippen LogP contribution in [0.1, 0.15) is 6.92 Å². The fourth-order valence-corrected chi connectivity index (χ4v) is 4.50. The number of hydrogen-bond acceptors (Lipinski definition) is 10. The lowest BCUT2D eigenvalue weighted by Crippen LogP contribution is -2.14. The van der Waals surface area contributed by atoms with Gasteiger partial charge in [0, 0.05) is 30.6 Å². The minimum atomic E-state index is -1.58. The largest absolute Gasteiger partial charge is 0.588 e. The van der Waals surface area contributed by atoms with Crippen molar-refractivity contribution in [3.63, 3.8) is 0 Å². The van der Waals surface area contributed by atoms with Crippen LogP contribution in [-0.4, -0.2) is 54.9 Å². The Balaban J connectivity index is 1.71. The van der Waals surface area contributed by atoms with Gasteiger partial charge in [-0.1, -0.05) is 12.1 Å². The molecule has 12 heteroatoms. The number of rotatable bonds is 9. The Morgan fingerprint density at radius 1 is 0.946 bits per heavy atom. The van der Waals surface area contributed by atoms with Crippen LogP contribution >= 0.6 is 0 Å². The van der Waals surface area contributed by atoms with Gasteiger partial charge in [0.2, 0.25) is 5.88 Å². The summed E-state index contributed by atoms with van der Waals surface area (Å²) in [7, 11) is 3.14. The topological polar surface area (TPSA) is 132 Å². The Hall–Kier alpha value is -4.42.